The van der Waals surface area contributed by atoms with Gasteiger partial charge in [0.05, 0.1) is 5.92 Å². The standard InChI is InChI=1S/C19H28N4O3/c1-2-21-19(26)15-4-3-11-23(13-15)18(25)10-9-17(24)22-12-14-5-7-16(20)8-6-14/h5-8,15H,2-4,9-13,20H2,1H3,(H,21,26)(H,22,24). The molecule has 1 saturated heterocycles. The van der Waals surface area contributed by atoms with Crippen LogP contribution in [-0.4, -0.2) is 42.3 Å². The lowest BCUT2D eigenvalue weighted by atomic mass is 9.96. The van der Waals surface area contributed by atoms with Crippen molar-refractivity contribution >= 4 is 23.4 Å². The Balaban J connectivity index is 1.72. The van der Waals surface area contributed by atoms with Crippen molar-refractivity contribution < 1.29 is 14.4 Å². The lowest BCUT2D eigenvalue weighted by Gasteiger charge is -2.32. The number of hydrogen-bond donors (Lipinski definition) is 3. The average Bonchev–Trinajstić information content (AvgIpc) is 2.66. The second-order valence-corrected chi connectivity index (χ2v) is 6.59. The van der Waals surface area contributed by atoms with Crippen molar-refractivity contribution in [2.75, 3.05) is 25.4 Å². The first-order valence-corrected chi connectivity index (χ1v) is 9.16. The fraction of sp³-hybridized carbons (Fsp3) is 0.526. The largest absolute Gasteiger partial charge is 0.399 e. The summed E-state index contributed by atoms with van der Waals surface area (Å²) in [5, 5.41) is 5.62. The first kappa shape index (κ1) is 19.8. The van der Waals surface area contributed by atoms with Crippen LogP contribution in [0, 0.1) is 5.92 Å². The third kappa shape index (κ3) is 6.06. The highest BCUT2D eigenvalue weighted by molar-refractivity contribution is 5.85. The smallest absolute Gasteiger partial charge is 0.224 e. The molecule has 0 bridgehead atoms. The van der Waals surface area contributed by atoms with Crippen molar-refractivity contribution in [3.63, 3.8) is 0 Å². The lowest BCUT2D eigenvalue weighted by molar-refractivity contribution is -0.137. The minimum atomic E-state index is -0.160. The zero-order valence-electron chi connectivity index (χ0n) is 15.3. The number of benzene rings is 1. The van der Waals surface area contributed by atoms with Crippen LogP contribution in [0.3, 0.4) is 0 Å². The number of nitrogens with two attached hydrogens (primary N) is 1. The van der Waals surface area contributed by atoms with E-state index in [1.54, 1.807) is 17.0 Å². The molecule has 142 valence electrons. The second kappa shape index (κ2) is 9.79. The molecule has 3 amide bonds. The van der Waals surface area contributed by atoms with Crippen molar-refractivity contribution in [2.24, 2.45) is 5.92 Å². The number of nitrogen functional groups attached to an aromatic ring is 1. The third-order valence-electron chi connectivity index (χ3n) is 4.53. The summed E-state index contributed by atoms with van der Waals surface area (Å²) < 4.78 is 0. The number of carbonyl (C=O) groups excluding carboxylic acids is 3. The number of amides is 3. The maximum Gasteiger partial charge on any atom is 0.224 e. The normalized spacial score (nSPS) is 16.8. The monoisotopic (exact) mass is 360 g/mol. The van der Waals surface area contributed by atoms with Gasteiger partial charge < -0.3 is 21.3 Å². The molecule has 1 heterocycles. The van der Waals surface area contributed by atoms with Crippen LogP contribution in [0.25, 0.3) is 0 Å². The Labute approximate surface area is 154 Å². The molecule has 1 fully saturated rings. The van der Waals surface area contributed by atoms with E-state index < -0.39 is 0 Å². The predicted octanol–water partition coefficient (Wildman–Crippen LogP) is 1.04. The molecule has 1 unspecified atom stereocenters. The molecule has 1 atom stereocenters. The minimum Gasteiger partial charge on any atom is -0.399 e. The Morgan fingerprint density at radius 2 is 1.88 bits per heavy atom. The van der Waals surface area contributed by atoms with Crippen molar-refractivity contribution in [3.05, 3.63) is 29.8 Å². The highest BCUT2D eigenvalue weighted by atomic mass is 16.2. The summed E-state index contributed by atoms with van der Waals surface area (Å²) >= 11 is 0. The summed E-state index contributed by atoms with van der Waals surface area (Å²) in [6, 6.07) is 7.28. The molecule has 1 aliphatic rings. The molecule has 1 aromatic carbocycles. The van der Waals surface area contributed by atoms with Gasteiger partial charge in [0.2, 0.25) is 17.7 Å². The van der Waals surface area contributed by atoms with Gasteiger partial charge in [-0.25, -0.2) is 0 Å². The van der Waals surface area contributed by atoms with Crippen LogP contribution in [0.5, 0.6) is 0 Å². The van der Waals surface area contributed by atoms with Crippen LogP contribution in [-0.2, 0) is 20.9 Å². The van der Waals surface area contributed by atoms with E-state index >= 15 is 0 Å². The van der Waals surface area contributed by atoms with Crippen LogP contribution in [0.15, 0.2) is 24.3 Å². The Morgan fingerprint density at radius 1 is 1.15 bits per heavy atom. The number of nitrogens with zero attached hydrogens (tertiary/aromatic N) is 1. The zero-order chi connectivity index (χ0) is 18.9. The van der Waals surface area contributed by atoms with Gasteiger partial charge in [0.25, 0.3) is 0 Å². The predicted molar refractivity (Wildman–Crippen MR) is 99.9 cm³/mol. The fourth-order valence-corrected chi connectivity index (χ4v) is 3.04. The Hall–Kier alpha value is -2.57. The van der Waals surface area contributed by atoms with Gasteiger partial charge >= 0.3 is 0 Å². The summed E-state index contributed by atoms with van der Waals surface area (Å²) in [6.07, 6.45) is 1.93. The first-order chi connectivity index (χ1) is 12.5. The van der Waals surface area contributed by atoms with Gasteiger partial charge in [0.15, 0.2) is 0 Å². The van der Waals surface area contributed by atoms with Gasteiger partial charge in [0, 0.05) is 44.7 Å². The number of rotatable bonds is 7. The van der Waals surface area contributed by atoms with E-state index in [9.17, 15) is 14.4 Å². The van der Waals surface area contributed by atoms with Crippen molar-refractivity contribution in [1.29, 1.82) is 0 Å². The van der Waals surface area contributed by atoms with Gasteiger partial charge in [-0.05, 0) is 37.5 Å². The Kier molecular flexibility index (Phi) is 7.44. The number of likely N-dealkylation sites (tertiary alicyclic amines) is 1. The van der Waals surface area contributed by atoms with Crippen LogP contribution >= 0.6 is 0 Å². The summed E-state index contributed by atoms with van der Waals surface area (Å²) in [5.74, 6) is -0.368. The Morgan fingerprint density at radius 3 is 2.58 bits per heavy atom. The molecule has 0 spiro atoms. The number of hydrogen-bond acceptors (Lipinski definition) is 4. The van der Waals surface area contributed by atoms with Crippen molar-refractivity contribution in [3.8, 4) is 0 Å². The highest BCUT2D eigenvalue weighted by Gasteiger charge is 2.28. The molecule has 2 rings (SSSR count). The molecule has 0 saturated carbocycles. The summed E-state index contributed by atoms with van der Waals surface area (Å²) in [4.78, 5) is 38.0. The summed E-state index contributed by atoms with van der Waals surface area (Å²) in [5.41, 5.74) is 7.26. The number of nitrogens with one attached hydrogen (secondary N) is 2. The maximum absolute atomic E-state index is 12.3. The van der Waals surface area contributed by atoms with Gasteiger partial charge in [-0.2, -0.15) is 0 Å². The Bertz CT molecular complexity index is 630. The first-order valence-electron chi connectivity index (χ1n) is 9.16. The van der Waals surface area contributed by atoms with Gasteiger partial charge in [0.1, 0.15) is 0 Å². The molecule has 4 N–H and O–H groups in total. The van der Waals surface area contributed by atoms with E-state index in [1.807, 2.05) is 19.1 Å². The van der Waals surface area contributed by atoms with Crippen molar-refractivity contribution in [2.45, 2.75) is 39.2 Å². The topological polar surface area (TPSA) is 105 Å². The molecule has 7 nitrogen and oxygen atoms in total. The summed E-state index contributed by atoms with van der Waals surface area (Å²) in [6.45, 7) is 3.99. The summed E-state index contributed by atoms with van der Waals surface area (Å²) in [7, 11) is 0. The van der Waals surface area contributed by atoms with E-state index in [0.29, 0.717) is 31.9 Å². The van der Waals surface area contributed by atoms with Crippen LogP contribution in [0.1, 0.15) is 38.2 Å². The zero-order valence-corrected chi connectivity index (χ0v) is 15.3. The molecular weight excluding hydrogens is 332 g/mol. The average molecular weight is 360 g/mol. The second-order valence-electron chi connectivity index (χ2n) is 6.59. The van der Waals surface area contributed by atoms with Gasteiger partial charge in [-0.1, -0.05) is 12.1 Å². The van der Waals surface area contributed by atoms with E-state index in [4.69, 9.17) is 5.73 Å². The SMILES string of the molecule is CCNC(=O)C1CCCN(C(=O)CCC(=O)NCc2ccc(N)cc2)C1. The molecule has 0 aromatic heterocycles. The third-order valence-corrected chi connectivity index (χ3v) is 4.53. The van der Waals surface area contributed by atoms with Crippen LogP contribution < -0.4 is 16.4 Å². The van der Waals surface area contributed by atoms with Gasteiger partial charge in [-0.15, -0.1) is 0 Å². The van der Waals surface area contributed by atoms with Crippen LogP contribution in [0.4, 0.5) is 5.69 Å². The van der Waals surface area contributed by atoms with E-state index in [2.05, 4.69) is 10.6 Å². The number of carbonyl (C=O) groups is 3. The molecule has 26 heavy (non-hydrogen) atoms. The van der Waals surface area contributed by atoms with Crippen LogP contribution in [0.2, 0.25) is 0 Å². The quantitative estimate of drug-likeness (QED) is 0.632. The highest BCUT2D eigenvalue weighted by Crippen LogP contribution is 2.17. The molecule has 1 aliphatic heterocycles. The molecule has 7 heteroatoms. The van der Waals surface area contributed by atoms with Crippen molar-refractivity contribution in [1.82, 2.24) is 15.5 Å². The maximum atomic E-state index is 12.3. The molecular formula is C19H28N4O3. The van der Waals surface area contributed by atoms with E-state index in [0.717, 1.165) is 18.4 Å². The lowest BCUT2D eigenvalue weighted by Crippen LogP contribution is -2.45. The molecule has 0 aliphatic carbocycles. The van der Waals surface area contributed by atoms with E-state index in [1.165, 1.54) is 0 Å². The number of piperidine rings is 1. The molecule has 0 radical (unpaired) electrons. The fourth-order valence-electron chi connectivity index (χ4n) is 3.04. The van der Waals surface area contributed by atoms with Gasteiger partial charge in [-0.3, -0.25) is 14.4 Å². The number of anilines is 1. The molecule has 1 aromatic rings. The van der Waals surface area contributed by atoms with E-state index in [-0.39, 0.29) is 36.5 Å². The minimum absolute atomic E-state index is 0.00578.